The molecule has 0 amide bonds. The van der Waals surface area contributed by atoms with E-state index in [9.17, 15) is 4.79 Å². The van der Waals surface area contributed by atoms with E-state index in [2.05, 4.69) is 97.6 Å². The summed E-state index contributed by atoms with van der Waals surface area (Å²) in [6, 6.07) is 36.5. The maximum absolute atomic E-state index is 11.1. The Bertz CT molecular complexity index is 1260. The van der Waals surface area contributed by atoms with Crippen molar-refractivity contribution in [3.63, 3.8) is 0 Å². The lowest BCUT2D eigenvalue weighted by Crippen LogP contribution is -2.28. The third-order valence-corrected chi connectivity index (χ3v) is 6.41. The predicted molar refractivity (Wildman–Crippen MR) is 135 cm³/mol. The van der Waals surface area contributed by atoms with E-state index in [1.54, 1.807) is 0 Å². The van der Waals surface area contributed by atoms with Crippen LogP contribution in [0.15, 0.2) is 116 Å². The number of hydrogen-bond acceptors (Lipinski definition) is 3. The van der Waals surface area contributed by atoms with Crippen LogP contribution in [0.2, 0.25) is 0 Å². The van der Waals surface area contributed by atoms with Crippen LogP contribution >= 0.6 is 0 Å². The molecule has 0 aromatic heterocycles. The minimum atomic E-state index is -0.410. The molecule has 5 rings (SSSR count). The quantitative estimate of drug-likeness (QED) is 0.154. The lowest BCUT2D eigenvalue weighted by molar-refractivity contribution is -0.137. The lowest BCUT2D eigenvalue weighted by Gasteiger charge is -2.33. The molecular formula is C31H26O3. The van der Waals surface area contributed by atoms with Gasteiger partial charge in [-0.2, -0.15) is 0 Å². The third kappa shape index (κ3) is 3.69. The van der Waals surface area contributed by atoms with Crippen molar-refractivity contribution in [2.75, 3.05) is 13.2 Å². The molecule has 0 aliphatic heterocycles. The number of hydrogen-bond donors (Lipinski definition) is 0. The molecule has 0 spiro atoms. The van der Waals surface area contributed by atoms with E-state index in [1.807, 2.05) is 12.1 Å². The van der Waals surface area contributed by atoms with Gasteiger partial charge in [-0.05, 0) is 45.5 Å². The van der Waals surface area contributed by atoms with Crippen LogP contribution in [0.3, 0.4) is 0 Å². The molecule has 34 heavy (non-hydrogen) atoms. The Morgan fingerprint density at radius 3 is 1.88 bits per heavy atom. The Kier molecular flexibility index (Phi) is 6.01. The molecule has 0 fully saturated rings. The molecule has 0 radical (unpaired) electrons. The zero-order valence-electron chi connectivity index (χ0n) is 18.9. The minimum absolute atomic E-state index is 0.313. The van der Waals surface area contributed by atoms with Crippen molar-refractivity contribution in [3.05, 3.63) is 138 Å². The summed E-state index contributed by atoms with van der Waals surface area (Å²) in [6.07, 6.45) is 1.79. The zero-order valence-corrected chi connectivity index (χ0v) is 18.9. The molecule has 0 saturated carbocycles. The van der Waals surface area contributed by atoms with Gasteiger partial charge in [0.15, 0.2) is 0 Å². The second kappa shape index (κ2) is 9.40. The first-order chi connectivity index (χ1) is 16.7. The standard InChI is InChI=1S/C31H26O3/c1-2-30(32)34-22-10-21-33-25-19-17-24(18-20-25)31(23-11-4-3-5-12-23)28-15-8-6-13-26(28)27-14-7-9-16-29(27)31/h2-9,11-20H,1,10,21-22H2. The number of carbonyl (C=O) groups is 1. The zero-order chi connectivity index (χ0) is 23.4. The summed E-state index contributed by atoms with van der Waals surface area (Å²) in [5.74, 6) is 0.384. The van der Waals surface area contributed by atoms with E-state index in [-0.39, 0.29) is 0 Å². The van der Waals surface area contributed by atoms with Gasteiger partial charge < -0.3 is 9.47 Å². The highest BCUT2D eigenvalue weighted by Crippen LogP contribution is 2.55. The summed E-state index contributed by atoms with van der Waals surface area (Å²) in [7, 11) is 0. The summed E-state index contributed by atoms with van der Waals surface area (Å²) in [6.45, 7) is 4.18. The molecule has 0 atom stereocenters. The molecule has 0 unspecified atom stereocenters. The minimum Gasteiger partial charge on any atom is -0.493 e. The molecule has 4 aromatic carbocycles. The fourth-order valence-electron chi connectivity index (χ4n) is 4.99. The molecule has 0 heterocycles. The number of rotatable bonds is 8. The fourth-order valence-corrected chi connectivity index (χ4v) is 4.99. The summed E-state index contributed by atoms with van der Waals surface area (Å²) in [5, 5.41) is 0. The average molecular weight is 447 g/mol. The Balaban J connectivity index is 1.51. The van der Waals surface area contributed by atoms with Crippen molar-refractivity contribution < 1.29 is 14.3 Å². The maximum atomic E-state index is 11.1. The van der Waals surface area contributed by atoms with Crippen LogP contribution in [-0.2, 0) is 14.9 Å². The van der Waals surface area contributed by atoms with Gasteiger partial charge in [0.2, 0.25) is 0 Å². The largest absolute Gasteiger partial charge is 0.493 e. The Morgan fingerprint density at radius 1 is 0.706 bits per heavy atom. The molecular weight excluding hydrogens is 420 g/mol. The number of fused-ring (bicyclic) bond motifs is 3. The average Bonchev–Trinajstić information content (AvgIpc) is 3.20. The van der Waals surface area contributed by atoms with Crippen LogP contribution in [0.1, 0.15) is 28.7 Å². The second-order valence-corrected chi connectivity index (χ2v) is 8.31. The van der Waals surface area contributed by atoms with E-state index in [0.717, 1.165) is 5.75 Å². The van der Waals surface area contributed by atoms with Gasteiger partial charge in [-0.25, -0.2) is 4.79 Å². The molecule has 3 nitrogen and oxygen atoms in total. The van der Waals surface area contributed by atoms with Crippen LogP contribution in [0.4, 0.5) is 0 Å². The fraction of sp³-hybridized carbons (Fsp3) is 0.129. The molecule has 0 bridgehead atoms. The van der Waals surface area contributed by atoms with Gasteiger partial charge in [-0.15, -0.1) is 0 Å². The Labute approximate surface area is 200 Å². The molecule has 1 aliphatic rings. The van der Waals surface area contributed by atoms with Crippen molar-refractivity contribution in [3.8, 4) is 16.9 Å². The molecule has 168 valence electrons. The van der Waals surface area contributed by atoms with Crippen LogP contribution in [0.5, 0.6) is 5.75 Å². The highest BCUT2D eigenvalue weighted by Gasteiger charge is 2.45. The van der Waals surface area contributed by atoms with Gasteiger partial charge in [0.1, 0.15) is 5.75 Å². The predicted octanol–water partition coefficient (Wildman–Crippen LogP) is 6.55. The van der Waals surface area contributed by atoms with Gasteiger partial charge in [-0.1, -0.05) is 97.6 Å². The first-order valence-corrected chi connectivity index (χ1v) is 11.5. The van der Waals surface area contributed by atoms with E-state index in [1.165, 1.54) is 39.5 Å². The van der Waals surface area contributed by atoms with Crippen molar-refractivity contribution in [2.45, 2.75) is 11.8 Å². The lowest BCUT2D eigenvalue weighted by atomic mass is 9.68. The first kappa shape index (κ1) is 21.7. The van der Waals surface area contributed by atoms with E-state index in [0.29, 0.717) is 19.6 Å². The van der Waals surface area contributed by atoms with Gasteiger partial charge in [0.25, 0.3) is 0 Å². The van der Waals surface area contributed by atoms with Crippen molar-refractivity contribution in [1.29, 1.82) is 0 Å². The van der Waals surface area contributed by atoms with E-state index < -0.39 is 11.4 Å². The smallest absolute Gasteiger partial charge is 0.330 e. The van der Waals surface area contributed by atoms with Crippen molar-refractivity contribution >= 4 is 5.97 Å². The molecule has 0 saturated heterocycles. The highest BCUT2D eigenvalue weighted by molar-refractivity contribution is 5.86. The van der Waals surface area contributed by atoms with E-state index in [4.69, 9.17) is 9.47 Å². The van der Waals surface area contributed by atoms with Crippen LogP contribution in [-0.4, -0.2) is 19.2 Å². The van der Waals surface area contributed by atoms with Gasteiger partial charge in [0, 0.05) is 12.5 Å². The normalized spacial score (nSPS) is 12.9. The van der Waals surface area contributed by atoms with Gasteiger partial charge >= 0.3 is 5.97 Å². The third-order valence-electron chi connectivity index (χ3n) is 6.41. The second-order valence-electron chi connectivity index (χ2n) is 8.31. The summed E-state index contributed by atoms with van der Waals surface area (Å²) in [5.41, 5.74) is 7.17. The SMILES string of the molecule is C=CC(=O)OCCCOc1ccc(C2(c3ccccc3)c3ccccc3-c3ccccc32)cc1. The maximum Gasteiger partial charge on any atom is 0.330 e. The van der Waals surface area contributed by atoms with Crippen molar-refractivity contribution in [1.82, 2.24) is 0 Å². The number of esters is 1. The van der Waals surface area contributed by atoms with Crippen LogP contribution in [0.25, 0.3) is 11.1 Å². The van der Waals surface area contributed by atoms with Gasteiger partial charge in [0.05, 0.1) is 18.6 Å². The molecule has 4 aromatic rings. The monoisotopic (exact) mass is 446 g/mol. The van der Waals surface area contributed by atoms with E-state index >= 15 is 0 Å². The summed E-state index contributed by atoms with van der Waals surface area (Å²) < 4.78 is 10.9. The number of ether oxygens (including phenoxy) is 2. The first-order valence-electron chi connectivity index (χ1n) is 11.5. The number of benzene rings is 4. The summed E-state index contributed by atoms with van der Waals surface area (Å²) in [4.78, 5) is 11.1. The Hall–Kier alpha value is -4.11. The van der Waals surface area contributed by atoms with Crippen LogP contribution < -0.4 is 4.74 Å². The number of carbonyl (C=O) groups excluding carboxylic acids is 1. The molecule has 3 heteroatoms. The molecule has 0 N–H and O–H groups in total. The van der Waals surface area contributed by atoms with Gasteiger partial charge in [-0.3, -0.25) is 0 Å². The molecule has 1 aliphatic carbocycles. The topological polar surface area (TPSA) is 35.5 Å². The summed E-state index contributed by atoms with van der Waals surface area (Å²) >= 11 is 0. The highest BCUT2D eigenvalue weighted by atomic mass is 16.5. The Morgan fingerprint density at radius 2 is 1.26 bits per heavy atom. The van der Waals surface area contributed by atoms with Crippen LogP contribution in [0, 0.1) is 0 Å². The van der Waals surface area contributed by atoms with Crippen molar-refractivity contribution in [2.24, 2.45) is 0 Å².